The molecule has 1 aromatic heterocycles. The summed E-state index contributed by atoms with van der Waals surface area (Å²) in [6.45, 7) is 9.20. The van der Waals surface area contributed by atoms with Crippen LogP contribution in [0, 0.1) is 23.7 Å². The van der Waals surface area contributed by atoms with E-state index in [1.165, 1.54) is 19.3 Å². The molecule has 3 heteroatoms. The minimum atomic E-state index is 0.367. The maximum absolute atomic E-state index is 4.49. The summed E-state index contributed by atoms with van der Waals surface area (Å²) in [5.41, 5.74) is 0.804. The molecule has 0 spiro atoms. The third kappa shape index (κ3) is 1.63. The summed E-state index contributed by atoms with van der Waals surface area (Å²) in [6, 6.07) is 2.51. The van der Waals surface area contributed by atoms with E-state index < -0.39 is 0 Å². The molecule has 2 fully saturated rings. The number of hydrogen-bond donors (Lipinski definition) is 1. The van der Waals surface area contributed by atoms with Crippen molar-refractivity contribution in [3.05, 3.63) is 18.1 Å². The third-order valence-electron chi connectivity index (χ3n) is 5.34. The Morgan fingerprint density at radius 3 is 2.72 bits per heavy atom. The van der Waals surface area contributed by atoms with Crippen LogP contribution >= 0.6 is 0 Å². The van der Waals surface area contributed by atoms with Crippen LogP contribution in [0.3, 0.4) is 0 Å². The second-order valence-corrected chi connectivity index (χ2v) is 6.98. The second kappa shape index (κ2) is 3.69. The zero-order chi connectivity index (χ0) is 13.0. The van der Waals surface area contributed by atoms with Crippen LogP contribution in [0.4, 0.5) is 5.82 Å². The van der Waals surface area contributed by atoms with Gasteiger partial charge in [0.1, 0.15) is 11.6 Å². The second-order valence-electron chi connectivity index (χ2n) is 6.98. The number of hydrogen-bond acceptors (Lipinski definition) is 3. The van der Waals surface area contributed by atoms with Gasteiger partial charge in [-0.3, -0.25) is 0 Å². The molecule has 2 saturated carbocycles. The van der Waals surface area contributed by atoms with Crippen molar-refractivity contribution in [2.75, 3.05) is 5.32 Å². The van der Waals surface area contributed by atoms with Crippen LogP contribution in [-0.2, 0) is 0 Å². The Bertz CT molecular complexity index is 464. The van der Waals surface area contributed by atoms with Crippen LogP contribution in [0.5, 0.6) is 0 Å². The van der Waals surface area contributed by atoms with Crippen LogP contribution in [0.15, 0.2) is 12.3 Å². The highest BCUT2D eigenvalue weighted by molar-refractivity contribution is 5.37. The first-order valence-corrected chi connectivity index (χ1v) is 6.98. The number of rotatable bonds is 2. The van der Waals surface area contributed by atoms with Crippen LogP contribution < -0.4 is 5.32 Å². The van der Waals surface area contributed by atoms with Crippen LogP contribution in [-0.4, -0.2) is 16.0 Å². The number of aryl methyl sites for hydroxylation is 1. The third-order valence-corrected chi connectivity index (χ3v) is 5.34. The van der Waals surface area contributed by atoms with Crippen molar-refractivity contribution in [1.29, 1.82) is 0 Å². The molecule has 1 aromatic rings. The summed E-state index contributed by atoms with van der Waals surface area (Å²) >= 11 is 0. The summed E-state index contributed by atoms with van der Waals surface area (Å²) in [4.78, 5) is 8.66. The fourth-order valence-electron chi connectivity index (χ4n) is 4.35. The van der Waals surface area contributed by atoms with E-state index in [9.17, 15) is 0 Å². The van der Waals surface area contributed by atoms with Gasteiger partial charge in [0.2, 0.25) is 0 Å². The molecule has 0 radical (unpaired) electrons. The molecule has 0 aromatic carbocycles. The maximum atomic E-state index is 4.49. The summed E-state index contributed by atoms with van der Waals surface area (Å²) in [7, 11) is 0. The van der Waals surface area contributed by atoms with Gasteiger partial charge in [0.05, 0.1) is 0 Å². The van der Waals surface area contributed by atoms with E-state index in [0.717, 1.165) is 17.6 Å². The summed E-state index contributed by atoms with van der Waals surface area (Å²) in [5.74, 6) is 2.68. The average molecular weight is 245 g/mol. The lowest BCUT2D eigenvalue weighted by molar-refractivity contribution is 0.155. The Morgan fingerprint density at radius 1 is 1.33 bits per heavy atom. The van der Waals surface area contributed by atoms with Crippen molar-refractivity contribution < 1.29 is 0 Å². The molecule has 1 N–H and O–H groups in total. The van der Waals surface area contributed by atoms with E-state index in [-0.39, 0.29) is 0 Å². The molecular formula is C15H23N3. The molecule has 1 heterocycles. The zero-order valence-electron chi connectivity index (χ0n) is 11.8. The first kappa shape index (κ1) is 11.9. The molecule has 2 bridgehead atoms. The molecule has 0 saturated heterocycles. The first-order valence-electron chi connectivity index (χ1n) is 6.98. The Hall–Kier alpha value is -1.12. The molecule has 3 unspecified atom stereocenters. The zero-order valence-corrected chi connectivity index (χ0v) is 11.8. The minimum absolute atomic E-state index is 0.367. The molecule has 18 heavy (non-hydrogen) atoms. The SMILES string of the molecule is Cc1nccc(NC2C3(C)CCC(C3)C2(C)C)n1. The van der Waals surface area contributed by atoms with Gasteiger partial charge in [-0.05, 0) is 49.0 Å². The fourth-order valence-corrected chi connectivity index (χ4v) is 4.35. The van der Waals surface area contributed by atoms with Gasteiger partial charge in [-0.15, -0.1) is 0 Å². The lowest BCUT2D eigenvalue weighted by Crippen LogP contribution is -2.46. The Kier molecular flexibility index (Phi) is 2.45. The molecule has 3 nitrogen and oxygen atoms in total. The van der Waals surface area contributed by atoms with E-state index in [1.807, 2.05) is 19.2 Å². The van der Waals surface area contributed by atoms with Gasteiger partial charge >= 0.3 is 0 Å². The van der Waals surface area contributed by atoms with Crippen LogP contribution in [0.1, 0.15) is 45.9 Å². The fraction of sp³-hybridized carbons (Fsp3) is 0.733. The topological polar surface area (TPSA) is 37.8 Å². The maximum Gasteiger partial charge on any atom is 0.129 e. The first-order chi connectivity index (χ1) is 8.42. The highest BCUT2D eigenvalue weighted by Crippen LogP contribution is 2.62. The number of fused-ring (bicyclic) bond motifs is 2. The summed E-state index contributed by atoms with van der Waals surface area (Å²) in [5, 5.41) is 3.69. The smallest absolute Gasteiger partial charge is 0.129 e. The Balaban J connectivity index is 1.88. The van der Waals surface area contributed by atoms with Gasteiger partial charge < -0.3 is 5.32 Å². The minimum Gasteiger partial charge on any atom is -0.366 e. The molecule has 3 atom stereocenters. The van der Waals surface area contributed by atoms with Crippen molar-refractivity contribution in [3.8, 4) is 0 Å². The van der Waals surface area contributed by atoms with Gasteiger partial charge in [-0.25, -0.2) is 9.97 Å². The number of aromatic nitrogens is 2. The van der Waals surface area contributed by atoms with Gasteiger partial charge in [-0.2, -0.15) is 0 Å². The number of nitrogens with zero attached hydrogens (tertiary/aromatic N) is 2. The average Bonchev–Trinajstić information content (AvgIpc) is 2.76. The quantitative estimate of drug-likeness (QED) is 0.867. The predicted molar refractivity (Wildman–Crippen MR) is 73.4 cm³/mol. The Labute approximate surface area is 109 Å². The molecule has 0 aliphatic heterocycles. The Morgan fingerprint density at radius 2 is 2.11 bits per heavy atom. The molecule has 98 valence electrons. The number of anilines is 1. The standard InChI is InChI=1S/C15H23N3/c1-10-16-8-6-12(17-10)18-13-14(2,3)11-5-7-15(13,4)9-11/h6,8,11,13H,5,7,9H2,1-4H3,(H,16,17,18). The molecule has 3 rings (SSSR count). The summed E-state index contributed by atoms with van der Waals surface area (Å²) in [6.07, 6.45) is 5.95. The van der Waals surface area contributed by atoms with E-state index in [4.69, 9.17) is 0 Å². The van der Waals surface area contributed by atoms with Crippen molar-refractivity contribution >= 4 is 5.82 Å². The van der Waals surface area contributed by atoms with E-state index in [0.29, 0.717) is 16.9 Å². The monoisotopic (exact) mass is 245 g/mol. The molecule has 0 amide bonds. The van der Waals surface area contributed by atoms with Crippen molar-refractivity contribution in [3.63, 3.8) is 0 Å². The van der Waals surface area contributed by atoms with Gasteiger partial charge in [0, 0.05) is 12.2 Å². The molecular weight excluding hydrogens is 222 g/mol. The molecule has 2 aliphatic carbocycles. The molecule has 2 aliphatic rings. The highest BCUT2D eigenvalue weighted by atomic mass is 15.1. The lowest BCUT2D eigenvalue weighted by atomic mass is 9.68. The van der Waals surface area contributed by atoms with Gasteiger partial charge in [-0.1, -0.05) is 20.8 Å². The number of nitrogens with one attached hydrogen (secondary N) is 1. The summed E-state index contributed by atoms with van der Waals surface area (Å²) < 4.78 is 0. The lowest BCUT2D eigenvalue weighted by Gasteiger charge is -2.43. The van der Waals surface area contributed by atoms with Crippen molar-refractivity contribution in [2.24, 2.45) is 16.7 Å². The van der Waals surface area contributed by atoms with E-state index in [2.05, 4.69) is 36.1 Å². The van der Waals surface area contributed by atoms with Gasteiger partial charge in [0.25, 0.3) is 0 Å². The van der Waals surface area contributed by atoms with E-state index >= 15 is 0 Å². The van der Waals surface area contributed by atoms with Crippen LogP contribution in [0.25, 0.3) is 0 Å². The largest absolute Gasteiger partial charge is 0.366 e. The van der Waals surface area contributed by atoms with Crippen LogP contribution in [0.2, 0.25) is 0 Å². The predicted octanol–water partition coefficient (Wildman–Crippen LogP) is 3.41. The van der Waals surface area contributed by atoms with E-state index in [1.54, 1.807) is 0 Å². The normalized spacial score (nSPS) is 36.9. The van der Waals surface area contributed by atoms with Gasteiger partial charge in [0.15, 0.2) is 0 Å². The highest BCUT2D eigenvalue weighted by Gasteiger charge is 2.59. The van der Waals surface area contributed by atoms with Crippen molar-refractivity contribution in [1.82, 2.24) is 9.97 Å². The van der Waals surface area contributed by atoms with Crippen molar-refractivity contribution in [2.45, 2.75) is 53.0 Å².